The van der Waals surface area contributed by atoms with E-state index >= 15 is 0 Å². The highest BCUT2D eigenvalue weighted by atomic mass is 16.2. The fourth-order valence-corrected chi connectivity index (χ4v) is 4.25. The second kappa shape index (κ2) is 12.3. The molecule has 0 atom stereocenters. The van der Waals surface area contributed by atoms with Crippen LogP contribution in [-0.2, 0) is 10.2 Å². The van der Waals surface area contributed by atoms with Crippen LogP contribution < -0.4 is 10.6 Å². The van der Waals surface area contributed by atoms with E-state index in [2.05, 4.69) is 51.3 Å². The maximum Gasteiger partial charge on any atom is 0.322 e. The minimum absolute atomic E-state index is 0.0523. The van der Waals surface area contributed by atoms with Crippen LogP contribution in [0.1, 0.15) is 74.9 Å². The van der Waals surface area contributed by atoms with Crippen LogP contribution in [0.25, 0.3) is 5.69 Å². The molecule has 3 rings (SSSR count). The second-order valence-electron chi connectivity index (χ2n) is 11.3. The molecule has 1 heterocycles. The standard InChI is InChI=1S/C31H43N5O2/c1-9-10-11-16-35(30(38)32-25-14-13-22(3)23(4)18-25)20-29(37)33-28-19-27(31(6,7)8)34-36(28)26-15-12-21(2)17-24(26)5/h12-15,17-19H,9-11,16,20H2,1-8H3,(H,32,38)(H,33,37). The van der Waals surface area contributed by atoms with E-state index in [1.54, 1.807) is 9.58 Å². The Balaban J connectivity index is 1.84. The van der Waals surface area contributed by atoms with E-state index in [-0.39, 0.29) is 23.9 Å². The summed E-state index contributed by atoms with van der Waals surface area (Å²) >= 11 is 0. The molecular weight excluding hydrogens is 474 g/mol. The molecule has 3 aromatic rings. The lowest BCUT2D eigenvalue weighted by Crippen LogP contribution is -2.41. The summed E-state index contributed by atoms with van der Waals surface area (Å²) in [5.74, 6) is 0.332. The third kappa shape index (κ3) is 7.46. The number of hydrogen-bond acceptors (Lipinski definition) is 3. The summed E-state index contributed by atoms with van der Waals surface area (Å²) in [7, 11) is 0. The minimum atomic E-state index is -0.280. The Kier molecular flexibility index (Phi) is 9.36. The van der Waals surface area contributed by atoms with Crippen molar-refractivity contribution in [1.29, 1.82) is 0 Å². The third-order valence-corrected chi connectivity index (χ3v) is 6.74. The molecule has 0 fully saturated rings. The predicted molar refractivity (Wildman–Crippen MR) is 156 cm³/mol. The summed E-state index contributed by atoms with van der Waals surface area (Å²) in [6, 6.07) is 13.6. The van der Waals surface area contributed by atoms with Gasteiger partial charge >= 0.3 is 6.03 Å². The van der Waals surface area contributed by atoms with Crippen LogP contribution >= 0.6 is 0 Å². The number of hydrogen-bond donors (Lipinski definition) is 2. The van der Waals surface area contributed by atoms with Crippen molar-refractivity contribution >= 4 is 23.4 Å². The maximum absolute atomic E-state index is 13.3. The molecule has 1 aromatic heterocycles. The van der Waals surface area contributed by atoms with E-state index in [9.17, 15) is 9.59 Å². The van der Waals surface area contributed by atoms with Gasteiger partial charge in [-0.25, -0.2) is 9.48 Å². The fourth-order valence-electron chi connectivity index (χ4n) is 4.25. The van der Waals surface area contributed by atoms with E-state index < -0.39 is 0 Å². The molecule has 38 heavy (non-hydrogen) atoms. The van der Waals surface area contributed by atoms with Crippen molar-refractivity contribution in [1.82, 2.24) is 14.7 Å². The first-order chi connectivity index (χ1) is 17.9. The smallest absolute Gasteiger partial charge is 0.315 e. The van der Waals surface area contributed by atoms with E-state index in [1.165, 1.54) is 0 Å². The Hall–Kier alpha value is -3.61. The van der Waals surface area contributed by atoms with Crippen LogP contribution in [0, 0.1) is 27.7 Å². The summed E-state index contributed by atoms with van der Waals surface area (Å²) in [4.78, 5) is 28.1. The maximum atomic E-state index is 13.3. The van der Waals surface area contributed by atoms with Crippen molar-refractivity contribution in [2.45, 2.75) is 80.1 Å². The van der Waals surface area contributed by atoms with Gasteiger partial charge in [-0.15, -0.1) is 0 Å². The topological polar surface area (TPSA) is 79.3 Å². The van der Waals surface area contributed by atoms with E-state index in [1.807, 2.05) is 57.2 Å². The molecule has 0 spiro atoms. The zero-order valence-corrected chi connectivity index (χ0v) is 24.2. The number of benzene rings is 2. The Morgan fingerprint density at radius 2 is 1.63 bits per heavy atom. The highest BCUT2D eigenvalue weighted by Gasteiger charge is 2.23. The van der Waals surface area contributed by atoms with Gasteiger partial charge in [-0.1, -0.05) is 64.3 Å². The molecule has 204 valence electrons. The van der Waals surface area contributed by atoms with Crippen molar-refractivity contribution in [3.8, 4) is 5.69 Å². The zero-order valence-electron chi connectivity index (χ0n) is 24.2. The van der Waals surface area contributed by atoms with Gasteiger partial charge in [0.1, 0.15) is 12.4 Å². The van der Waals surface area contributed by atoms with E-state index in [4.69, 9.17) is 5.10 Å². The van der Waals surface area contributed by atoms with Gasteiger partial charge in [0.15, 0.2) is 0 Å². The molecule has 0 unspecified atom stereocenters. The summed E-state index contributed by atoms with van der Waals surface area (Å²) < 4.78 is 1.80. The lowest BCUT2D eigenvalue weighted by atomic mass is 9.92. The molecule has 2 N–H and O–H groups in total. The van der Waals surface area contributed by atoms with Gasteiger partial charge in [-0.2, -0.15) is 5.10 Å². The molecule has 0 saturated heterocycles. The fraction of sp³-hybridized carbons (Fsp3) is 0.452. The minimum Gasteiger partial charge on any atom is -0.315 e. The van der Waals surface area contributed by atoms with Gasteiger partial charge in [0.25, 0.3) is 0 Å². The molecule has 7 heteroatoms. The normalized spacial score (nSPS) is 11.4. The van der Waals surface area contributed by atoms with Crippen molar-refractivity contribution in [3.63, 3.8) is 0 Å². The molecule has 0 aliphatic carbocycles. The number of amides is 3. The largest absolute Gasteiger partial charge is 0.322 e. The van der Waals surface area contributed by atoms with Gasteiger partial charge in [0, 0.05) is 23.7 Å². The average molecular weight is 518 g/mol. The molecule has 0 bridgehead atoms. The number of aromatic nitrogens is 2. The van der Waals surface area contributed by atoms with Crippen molar-refractivity contribution < 1.29 is 9.59 Å². The number of urea groups is 1. The van der Waals surface area contributed by atoms with Crippen molar-refractivity contribution in [2.75, 3.05) is 23.7 Å². The first kappa shape index (κ1) is 29.0. The van der Waals surface area contributed by atoms with Gasteiger partial charge in [-0.05, 0) is 69.0 Å². The number of nitrogens with zero attached hydrogens (tertiary/aromatic N) is 3. The molecule has 0 aliphatic rings. The Morgan fingerprint density at radius 3 is 2.26 bits per heavy atom. The quantitative estimate of drug-likeness (QED) is 0.298. The van der Waals surface area contributed by atoms with E-state index in [0.29, 0.717) is 12.4 Å². The van der Waals surface area contributed by atoms with Gasteiger partial charge in [-0.3, -0.25) is 4.79 Å². The van der Waals surface area contributed by atoms with Crippen LogP contribution in [0.5, 0.6) is 0 Å². The third-order valence-electron chi connectivity index (χ3n) is 6.74. The summed E-state index contributed by atoms with van der Waals surface area (Å²) in [5.41, 5.74) is 6.82. The average Bonchev–Trinajstić information content (AvgIpc) is 3.24. The monoisotopic (exact) mass is 517 g/mol. The Bertz CT molecular complexity index is 1290. The van der Waals surface area contributed by atoms with Crippen molar-refractivity contribution in [2.24, 2.45) is 0 Å². The molecular formula is C31H43N5O2. The number of carbonyl (C=O) groups excluding carboxylic acids is 2. The van der Waals surface area contributed by atoms with Crippen LogP contribution in [0.4, 0.5) is 16.3 Å². The first-order valence-corrected chi connectivity index (χ1v) is 13.5. The number of carbonyl (C=O) groups is 2. The van der Waals surface area contributed by atoms with Crippen LogP contribution in [0.2, 0.25) is 0 Å². The second-order valence-corrected chi connectivity index (χ2v) is 11.3. The van der Waals surface area contributed by atoms with Gasteiger partial charge < -0.3 is 15.5 Å². The van der Waals surface area contributed by atoms with Crippen LogP contribution in [0.15, 0.2) is 42.5 Å². The van der Waals surface area contributed by atoms with Crippen molar-refractivity contribution in [3.05, 3.63) is 70.4 Å². The zero-order chi connectivity index (χ0) is 28.0. The van der Waals surface area contributed by atoms with Crippen LogP contribution in [-0.4, -0.2) is 39.7 Å². The molecule has 0 aliphatic heterocycles. The van der Waals surface area contributed by atoms with Gasteiger partial charge in [0.05, 0.1) is 11.4 Å². The summed E-state index contributed by atoms with van der Waals surface area (Å²) in [6.45, 7) is 17.0. The summed E-state index contributed by atoms with van der Waals surface area (Å²) in [5, 5.41) is 10.9. The molecule has 7 nitrogen and oxygen atoms in total. The molecule has 2 aromatic carbocycles. The van der Waals surface area contributed by atoms with Crippen LogP contribution in [0.3, 0.4) is 0 Å². The predicted octanol–water partition coefficient (Wildman–Crippen LogP) is 7.07. The SMILES string of the molecule is CCCCCN(CC(=O)Nc1cc(C(C)(C)C)nn1-c1ccc(C)cc1C)C(=O)Nc1ccc(C)c(C)c1. The molecule has 0 radical (unpaired) electrons. The number of anilines is 2. The lowest BCUT2D eigenvalue weighted by Gasteiger charge is -2.23. The number of aryl methyl sites for hydroxylation is 4. The van der Waals surface area contributed by atoms with E-state index in [0.717, 1.165) is 58.6 Å². The highest BCUT2D eigenvalue weighted by molar-refractivity contribution is 5.96. The number of unbranched alkanes of at least 4 members (excludes halogenated alkanes) is 2. The first-order valence-electron chi connectivity index (χ1n) is 13.5. The van der Waals surface area contributed by atoms with Gasteiger partial charge in [0.2, 0.25) is 5.91 Å². The molecule has 0 saturated carbocycles. The highest BCUT2D eigenvalue weighted by Crippen LogP contribution is 2.28. The number of rotatable bonds is 9. The molecule has 3 amide bonds. The Morgan fingerprint density at radius 1 is 0.895 bits per heavy atom. The summed E-state index contributed by atoms with van der Waals surface area (Å²) in [6.07, 6.45) is 2.85. The lowest BCUT2D eigenvalue weighted by molar-refractivity contribution is -0.116. The number of nitrogens with one attached hydrogen (secondary N) is 2. The Labute approximate surface area is 227 Å².